The van der Waals surface area contributed by atoms with E-state index in [1.54, 1.807) is 7.11 Å². The second-order valence-corrected chi connectivity index (χ2v) is 4.44. The zero-order valence-corrected chi connectivity index (χ0v) is 11.7. The summed E-state index contributed by atoms with van der Waals surface area (Å²) in [6.07, 6.45) is 2.23. The average molecular weight is 251 g/mol. The maximum Gasteiger partial charge on any atom is 0.118 e. The third kappa shape index (κ3) is 6.03. The zero-order valence-electron chi connectivity index (χ0n) is 11.7. The van der Waals surface area contributed by atoms with Gasteiger partial charge in [0.2, 0.25) is 0 Å². The first kappa shape index (κ1) is 15.0. The summed E-state index contributed by atoms with van der Waals surface area (Å²) in [6.45, 7) is 6.76. The minimum Gasteiger partial charge on any atom is -0.497 e. The number of ether oxygens (including phenoxy) is 2. The summed E-state index contributed by atoms with van der Waals surface area (Å²) in [7, 11) is 1.69. The molecule has 0 aliphatic heterocycles. The van der Waals surface area contributed by atoms with Gasteiger partial charge in [-0.3, -0.25) is 0 Å². The lowest BCUT2D eigenvalue weighted by Crippen LogP contribution is -2.29. The maximum absolute atomic E-state index is 5.30. The van der Waals surface area contributed by atoms with Crippen LogP contribution in [0.1, 0.15) is 25.8 Å². The van der Waals surface area contributed by atoms with E-state index in [1.165, 1.54) is 5.56 Å². The third-order valence-electron chi connectivity index (χ3n) is 2.97. The van der Waals surface area contributed by atoms with Gasteiger partial charge < -0.3 is 14.8 Å². The fourth-order valence-corrected chi connectivity index (χ4v) is 1.80. The lowest BCUT2D eigenvalue weighted by Gasteiger charge is -2.13. The number of hydrogen-bond donors (Lipinski definition) is 1. The number of nitrogens with one attached hydrogen (secondary N) is 1. The zero-order chi connectivity index (χ0) is 13.2. The van der Waals surface area contributed by atoms with E-state index < -0.39 is 0 Å². The SMILES string of the molecule is CCOCCNC(C)CCc1ccc(OC)cc1. The molecule has 0 spiro atoms. The molecule has 3 nitrogen and oxygen atoms in total. The second-order valence-electron chi connectivity index (χ2n) is 4.44. The van der Waals surface area contributed by atoms with Gasteiger partial charge in [0.15, 0.2) is 0 Å². The first-order chi connectivity index (χ1) is 8.76. The Bertz CT molecular complexity index is 311. The lowest BCUT2D eigenvalue weighted by atomic mass is 10.1. The van der Waals surface area contributed by atoms with Crippen molar-refractivity contribution >= 4 is 0 Å². The first-order valence-corrected chi connectivity index (χ1v) is 6.70. The van der Waals surface area contributed by atoms with Crippen LogP contribution in [0.2, 0.25) is 0 Å². The molecule has 0 aliphatic carbocycles. The van der Waals surface area contributed by atoms with Crippen molar-refractivity contribution in [2.24, 2.45) is 0 Å². The second kappa shape index (κ2) is 8.95. The Kier molecular flexibility index (Phi) is 7.46. The van der Waals surface area contributed by atoms with Gasteiger partial charge in [-0.05, 0) is 44.4 Å². The Morgan fingerprint density at radius 1 is 1.22 bits per heavy atom. The maximum atomic E-state index is 5.30. The highest BCUT2D eigenvalue weighted by Crippen LogP contribution is 2.13. The van der Waals surface area contributed by atoms with E-state index >= 15 is 0 Å². The Hall–Kier alpha value is -1.06. The molecule has 102 valence electrons. The van der Waals surface area contributed by atoms with Crippen molar-refractivity contribution in [1.29, 1.82) is 0 Å². The molecule has 0 saturated carbocycles. The number of methoxy groups -OCH3 is 1. The molecule has 1 N–H and O–H groups in total. The fourth-order valence-electron chi connectivity index (χ4n) is 1.80. The van der Waals surface area contributed by atoms with Crippen LogP contribution >= 0.6 is 0 Å². The summed E-state index contributed by atoms with van der Waals surface area (Å²) in [5.74, 6) is 0.918. The van der Waals surface area contributed by atoms with Crippen molar-refractivity contribution in [2.45, 2.75) is 32.7 Å². The molecule has 0 heterocycles. The van der Waals surface area contributed by atoms with Gasteiger partial charge >= 0.3 is 0 Å². The summed E-state index contributed by atoms with van der Waals surface area (Å²) < 4.78 is 10.4. The largest absolute Gasteiger partial charge is 0.497 e. The van der Waals surface area contributed by atoms with Crippen molar-refractivity contribution in [3.05, 3.63) is 29.8 Å². The van der Waals surface area contributed by atoms with Crippen molar-refractivity contribution in [3.8, 4) is 5.75 Å². The third-order valence-corrected chi connectivity index (χ3v) is 2.97. The number of benzene rings is 1. The van der Waals surface area contributed by atoms with Crippen LogP contribution in [-0.2, 0) is 11.2 Å². The summed E-state index contributed by atoms with van der Waals surface area (Å²) in [5, 5.41) is 3.46. The van der Waals surface area contributed by atoms with Gasteiger partial charge in [-0.25, -0.2) is 0 Å². The Balaban J connectivity index is 2.18. The smallest absolute Gasteiger partial charge is 0.118 e. The molecule has 0 aromatic heterocycles. The monoisotopic (exact) mass is 251 g/mol. The molecule has 0 fully saturated rings. The molecule has 1 atom stereocenters. The van der Waals surface area contributed by atoms with Crippen molar-refractivity contribution in [2.75, 3.05) is 26.9 Å². The Labute approximate surface area is 110 Å². The summed E-state index contributed by atoms with van der Waals surface area (Å²) >= 11 is 0. The lowest BCUT2D eigenvalue weighted by molar-refractivity contribution is 0.147. The molecular formula is C15H25NO2. The van der Waals surface area contributed by atoms with E-state index in [1.807, 2.05) is 19.1 Å². The summed E-state index contributed by atoms with van der Waals surface area (Å²) in [4.78, 5) is 0. The first-order valence-electron chi connectivity index (χ1n) is 6.70. The van der Waals surface area contributed by atoms with Crippen LogP contribution in [0.4, 0.5) is 0 Å². The number of rotatable bonds is 9. The van der Waals surface area contributed by atoms with E-state index in [0.717, 1.165) is 38.3 Å². The fraction of sp³-hybridized carbons (Fsp3) is 0.600. The molecular weight excluding hydrogens is 226 g/mol. The molecule has 18 heavy (non-hydrogen) atoms. The standard InChI is InChI=1S/C15H25NO2/c1-4-18-12-11-16-13(2)5-6-14-7-9-15(17-3)10-8-14/h7-10,13,16H,4-6,11-12H2,1-3H3. The molecule has 1 aromatic carbocycles. The van der Waals surface area contributed by atoms with Crippen molar-refractivity contribution < 1.29 is 9.47 Å². The van der Waals surface area contributed by atoms with Crippen LogP contribution in [0.3, 0.4) is 0 Å². The minimum atomic E-state index is 0.521. The normalized spacial score (nSPS) is 12.4. The molecule has 1 aromatic rings. The van der Waals surface area contributed by atoms with E-state index in [2.05, 4.69) is 24.4 Å². The van der Waals surface area contributed by atoms with Crippen LogP contribution < -0.4 is 10.1 Å². The van der Waals surface area contributed by atoms with Gasteiger partial charge in [0.05, 0.1) is 13.7 Å². The molecule has 0 saturated heterocycles. The van der Waals surface area contributed by atoms with Gasteiger partial charge in [-0.1, -0.05) is 12.1 Å². The van der Waals surface area contributed by atoms with Gasteiger partial charge in [0.25, 0.3) is 0 Å². The summed E-state index contributed by atoms with van der Waals surface area (Å²) in [6, 6.07) is 8.82. The Morgan fingerprint density at radius 3 is 2.56 bits per heavy atom. The van der Waals surface area contributed by atoms with Gasteiger partial charge in [-0.15, -0.1) is 0 Å². The predicted molar refractivity (Wildman–Crippen MR) is 75.3 cm³/mol. The van der Waals surface area contributed by atoms with Crippen LogP contribution in [0.5, 0.6) is 5.75 Å². The van der Waals surface area contributed by atoms with Crippen molar-refractivity contribution in [1.82, 2.24) is 5.32 Å². The minimum absolute atomic E-state index is 0.521. The van der Waals surface area contributed by atoms with Crippen LogP contribution in [0.25, 0.3) is 0 Å². The molecule has 1 rings (SSSR count). The van der Waals surface area contributed by atoms with Crippen molar-refractivity contribution in [3.63, 3.8) is 0 Å². The van der Waals surface area contributed by atoms with Crippen LogP contribution in [0, 0.1) is 0 Å². The highest BCUT2D eigenvalue weighted by atomic mass is 16.5. The molecule has 0 amide bonds. The van der Waals surface area contributed by atoms with Gasteiger partial charge in [0.1, 0.15) is 5.75 Å². The highest BCUT2D eigenvalue weighted by molar-refractivity contribution is 5.27. The Morgan fingerprint density at radius 2 is 1.94 bits per heavy atom. The van der Waals surface area contributed by atoms with Crippen LogP contribution in [-0.4, -0.2) is 32.9 Å². The molecule has 3 heteroatoms. The predicted octanol–water partition coefficient (Wildman–Crippen LogP) is 2.64. The van der Waals surface area contributed by atoms with E-state index in [0.29, 0.717) is 6.04 Å². The molecule has 0 aliphatic rings. The van der Waals surface area contributed by atoms with Crippen LogP contribution in [0.15, 0.2) is 24.3 Å². The average Bonchev–Trinajstić information content (AvgIpc) is 2.42. The van der Waals surface area contributed by atoms with E-state index in [4.69, 9.17) is 9.47 Å². The van der Waals surface area contributed by atoms with Gasteiger partial charge in [0, 0.05) is 19.2 Å². The number of aryl methyl sites for hydroxylation is 1. The summed E-state index contributed by atoms with van der Waals surface area (Å²) in [5.41, 5.74) is 1.36. The molecule has 0 bridgehead atoms. The highest BCUT2D eigenvalue weighted by Gasteiger charge is 2.02. The van der Waals surface area contributed by atoms with Gasteiger partial charge in [-0.2, -0.15) is 0 Å². The quantitative estimate of drug-likeness (QED) is 0.684. The molecule has 0 radical (unpaired) electrons. The topological polar surface area (TPSA) is 30.5 Å². The number of hydrogen-bond acceptors (Lipinski definition) is 3. The van der Waals surface area contributed by atoms with E-state index in [-0.39, 0.29) is 0 Å². The molecule has 1 unspecified atom stereocenters. The van der Waals surface area contributed by atoms with E-state index in [9.17, 15) is 0 Å².